The fourth-order valence-electron chi connectivity index (χ4n) is 2.70. The number of carbonyl (C=O) groups is 2. The Morgan fingerprint density at radius 2 is 1.66 bits per heavy atom. The van der Waals surface area contributed by atoms with Gasteiger partial charge >= 0.3 is 0 Å². The van der Waals surface area contributed by atoms with E-state index in [-0.39, 0.29) is 24.0 Å². The summed E-state index contributed by atoms with van der Waals surface area (Å²) < 4.78 is 31.4. The summed E-state index contributed by atoms with van der Waals surface area (Å²) in [6.45, 7) is -0.597. The summed E-state index contributed by atoms with van der Waals surface area (Å²) in [7, 11) is -2.53. The first kappa shape index (κ1) is 22.9. The summed E-state index contributed by atoms with van der Waals surface area (Å²) in [5, 5.41) is 5.33. The van der Waals surface area contributed by atoms with E-state index in [1.54, 1.807) is 36.4 Å². The van der Waals surface area contributed by atoms with Crippen LogP contribution in [-0.2, 0) is 19.6 Å². The smallest absolute Gasteiger partial charge is 0.262 e. The number of ether oxygens (including phenoxy) is 1. The van der Waals surface area contributed by atoms with Gasteiger partial charge in [0.25, 0.3) is 5.91 Å². The molecule has 10 heteroatoms. The SMILES string of the molecule is CN(CC(=O)Nc1cccc(OCC(=O)Nc2ccccc2)c1)S(=O)(=O)c1cccnc1. The fraction of sp³-hybridized carbons (Fsp3) is 0.136. The zero-order chi connectivity index (χ0) is 23.0. The molecule has 9 nitrogen and oxygen atoms in total. The molecule has 0 saturated carbocycles. The molecule has 1 heterocycles. The molecule has 0 spiro atoms. The highest BCUT2D eigenvalue weighted by Gasteiger charge is 2.23. The molecule has 0 unspecified atom stereocenters. The quantitative estimate of drug-likeness (QED) is 0.513. The van der Waals surface area contributed by atoms with Gasteiger partial charge in [0.05, 0.1) is 6.54 Å². The van der Waals surface area contributed by atoms with Gasteiger partial charge in [0.1, 0.15) is 10.6 Å². The molecule has 0 saturated heterocycles. The third-order valence-corrected chi connectivity index (χ3v) is 6.04. The van der Waals surface area contributed by atoms with Crippen molar-refractivity contribution < 1.29 is 22.7 Å². The molecule has 3 rings (SSSR count). The van der Waals surface area contributed by atoms with Crippen LogP contribution in [0.15, 0.2) is 84.0 Å². The Hall–Kier alpha value is -3.76. The minimum absolute atomic E-state index is 0.000485. The normalized spacial score (nSPS) is 11.1. The number of nitrogens with one attached hydrogen (secondary N) is 2. The number of amides is 2. The van der Waals surface area contributed by atoms with Gasteiger partial charge in [-0.2, -0.15) is 4.31 Å². The van der Waals surface area contributed by atoms with Gasteiger partial charge < -0.3 is 15.4 Å². The van der Waals surface area contributed by atoms with E-state index in [4.69, 9.17) is 4.74 Å². The molecule has 0 aliphatic carbocycles. The molecular formula is C22H22N4O5S. The number of hydrogen-bond donors (Lipinski definition) is 2. The molecule has 0 atom stereocenters. The van der Waals surface area contributed by atoms with Crippen LogP contribution in [0.5, 0.6) is 5.75 Å². The molecule has 0 radical (unpaired) electrons. The van der Waals surface area contributed by atoms with Gasteiger partial charge in [0, 0.05) is 36.9 Å². The van der Waals surface area contributed by atoms with Gasteiger partial charge in [-0.05, 0) is 36.4 Å². The van der Waals surface area contributed by atoms with Crippen molar-refractivity contribution in [2.45, 2.75) is 4.90 Å². The maximum absolute atomic E-state index is 12.5. The number of carbonyl (C=O) groups excluding carboxylic acids is 2. The number of aromatic nitrogens is 1. The molecule has 2 N–H and O–H groups in total. The molecule has 2 aromatic carbocycles. The third kappa shape index (κ3) is 6.37. The summed E-state index contributed by atoms with van der Waals surface area (Å²) in [6.07, 6.45) is 2.69. The van der Waals surface area contributed by atoms with Crippen molar-refractivity contribution in [1.29, 1.82) is 0 Å². The van der Waals surface area contributed by atoms with Crippen molar-refractivity contribution in [3.63, 3.8) is 0 Å². The number of sulfonamides is 1. The van der Waals surface area contributed by atoms with E-state index in [0.29, 0.717) is 17.1 Å². The fourth-order valence-corrected chi connectivity index (χ4v) is 3.79. The van der Waals surface area contributed by atoms with Crippen LogP contribution in [0.1, 0.15) is 0 Å². The molecule has 1 aromatic heterocycles. The predicted molar refractivity (Wildman–Crippen MR) is 120 cm³/mol. The summed E-state index contributed by atoms with van der Waals surface area (Å²) in [6, 6.07) is 18.4. The van der Waals surface area contributed by atoms with E-state index in [2.05, 4.69) is 15.6 Å². The Bertz CT molecular complexity index is 1170. The van der Waals surface area contributed by atoms with E-state index in [0.717, 1.165) is 4.31 Å². The molecule has 0 fully saturated rings. The molecule has 3 aromatic rings. The number of hydrogen-bond acceptors (Lipinski definition) is 6. The van der Waals surface area contributed by atoms with Crippen LogP contribution in [0.3, 0.4) is 0 Å². The Morgan fingerprint density at radius 3 is 2.38 bits per heavy atom. The number of pyridine rings is 1. The van der Waals surface area contributed by atoms with Crippen LogP contribution in [0.2, 0.25) is 0 Å². The second kappa shape index (κ2) is 10.5. The van der Waals surface area contributed by atoms with Gasteiger partial charge in [-0.15, -0.1) is 0 Å². The minimum atomic E-state index is -3.84. The predicted octanol–water partition coefficient (Wildman–Crippen LogP) is 2.36. The standard InChI is InChI=1S/C22H22N4O5S/c1-26(32(29,30)20-11-6-12-23-14-20)15-21(27)25-18-9-5-10-19(13-18)31-16-22(28)24-17-7-3-2-4-8-17/h2-14H,15-16H2,1H3,(H,24,28)(H,25,27). The average Bonchev–Trinajstić information content (AvgIpc) is 2.79. The number of nitrogens with zero attached hydrogens (tertiary/aromatic N) is 2. The zero-order valence-corrected chi connectivity index (χ0v) is 18.1. The van der Waals surface area contributed by atoms with Gasteiger partial charge in [0.15, 0.2) is 6.61 Å². The average molecular weight is 455 g/mol. The van der Waals surface area contributed by atoms with Crippen molar-refractivity contribution in [1.82, 2.24) is 9.29 Å². The number of anilines is 2. The lowest BCUT2D eigenvalue weighted by atomic mass is 10.3. The van der Waals surface area contributed by atoms with Crippen molar-refractivity contribution in [2.24, 2.45) is 0 Å². The first-order chi connectivity index (χ1) is 15.3. The van der Waals surface area contributed by atoms with E-state index < -0.39 is 15.9 Å². The lowest BCUT2D eigenvalue weighted by Gasteiger charge is -2.16. The monoisotopic (exact) mass is 454 g/mol. The van der Waals surface area contributed by atoms with E-state index >= 15 is 0 Å². The van der Waals surface area contributed by atoms with Crippen LogP contribution < -0.4 is 15.4 Å². The number of para-hydroxylation sites is 1. The highest BCUT2D eigenvalue weighted by atomic mass is 32.2. The lowest BCUT2D eigenvalue weighted by Crippen LogP contribution is -2.35. The summed E-state index contributed by atoms with van der Waals surface area (Å²) in [4.78, 5) is 28.1. The van der Waals surface area contributed by atoms with E-state index in [9.17, 15) is 18.0 Å². The maximum Gasteiger partial charge on any atom is 0.262 e. The first-order valence-corrected chi connectivity index (χ1v) is 11.0. The van der Waals surface area contributed by atoms with Crippen LogP contribution >= 0.6 is 0 Å². The van der Waals surface area contributed by atoms with Crippen molar-refractivity contribution >= 4 is 33.2 Å². The van der Waals surface area contributed by atoms with Crippen molar-refractivity contribution in [3.05, 3.63) is 79.1 Å². The van der Waals surface area contributed by atoms with Crippen molar-refractivity contribution in [2.75, 3.05) is 30.8 Å². The number of likely N-dealkylation sites (N-methyl/N-ethyl adjacent to an activating group) is 1. The van der Waals surface area contributed by atoms with Crippen LogP contribution in [0.4, 0.5) is 11.4 Å². The Morgan fingerprint density at radius 1 is 0.938 bits per heavy atom. The highest BCUT2D eigenvalue weighted by Crippen LogP contribution is 2.18. The first-order valence-electron chi connectivity index (χ1n) is 9.58. The molecule has 32 heavy (non-hydrogen) atoms. The maximum atomic E-state index is 12.5. The molecule has 166 valence electrons. The molecular weight excluding hydrogens is 432 g/mol. The molecule has 0 aliphatic rings. The zero-order valence-electron chi connectivity index (χ0n) is 17.3. The van der Waals surface area contributed by atoms with Crippen LogP contribution in [0.25, 0.3) is 0 Å². The Labute approximate surface area is 186 Å². The Kier molecular flexibility index (Phi) is 7.53. The summed E-state index contributed by atoms with van der Waals surface area (Å²) in [5.41, 5.74) is 1.07. The topological polar surface area (TPSA) is 118 Å². The van der Waals surface area contributed by atoms with Crippen LogP contribution in [0, 0.1) is 0 Å². The van der Waals surface area contributed by atoms with Gasteiger partial charge in [-0.1, -0.05) is 24.3 Å². The highest BCUT2D eigenvalue weighted by molar-refractivity contribution is 7.89. The minimum Gasteiger partial charge on any atom is -0.484 e. The molecule has 2 amide bonds. The number of benzene rings is 2. The second-order valence-corrected chi connectivity index (χ2v) is 8.77. The largest absolute Gasteiger partial charge is 0.484 e. The summed E-state index contributed by atoms with van der Waals surface area (Å²) >= 11 is 0. The van der Waals surface area contributed by atoms with Gasteiger partial charge in [-0.25, -0.2) is 8.42 Å². The Balaban J connectivity index is 1.53. The van der Waals surface area contributed by atoms with E-state index in [1.807, 2.05) is 18.2 Å². The third-order valence-electron chi connectivity index (χ3n) is 4.25. The number of rotatable bonds is 9. The molecule has 0 aliphatic heterocycles. The van der Waals surface area contributed by atoms with E-state index in [1.165, 1.54) is 31.6 Å². The molecule has 0 bridgehead atoms. The lowest BCUT2D eigenvalue weighted by molar-refractivity contribution is -0.118. The van der Waals surface area contributed by atoms with Gasteiger partial charge in [0.2, 0.25) is 15.9 Å². The van der Waals surface area contributed by atoms with Crippen LogP contribution in [-0.4, -0.2) is 49.7 Å². The van der Waals surface area contributed by atoms with Gasteiger partial charge in [-0.3, -0.25) is 14.6 Å². The van der Waals surface area contributed by atoms with Crippen molar-refractivity contribution in [3.8, 4) is 5.75 Å². The summed E-state index contributed by atoms with van der Waals surface area (Å²) in [5.74, 6) is -0.478. The second-order valence-electron chi connectivity index (χ2n) is 6.73.